The lowest BCUT2D eigenvalue weighted by molar-refractivity contribution is -0.129. The number of halogens is 1. The maximum atomic E-state index is 13.7. The Kier molecular flexibility index (Phi) is 7.84. The van der Waals surface area contributed by atoms with E-state index < -0.39 is 0 Å². The maximum Gasteiger partial charge on any atom is 0.222 e. The second kappa shape index (κ2) is 10.1. The molecule has 2 rings (SSSR count). The van der Waals surface area contributed by atoms with Crippen molar-refractivity contribution in [3.05, 3.63) is 35.1 Å². The molecule has 0 aromatic heterocycles. The summed E-state index contributed by atoms with van der Waals surface area (Å²) in [5.74, 6) is 0.630. The van der Waals surface area contributed by atoms with Gasteiger partial charge in [0.05, 0.1) is 13.2 Å². The van der Waals surface area contributed by atoms with Crippen molar-refractivity contribution in [3.63, 3.8) is 0 Å². The van der Waals surface area contributed by atoms with Crippen LogP contribution in [-0.4, -0.2) is 49.6 Å². The molecule has 1 aromatic carbocycles. The number of benzene rings is 1. The van der Waals surface area contributed by atoms with Crippen LogP contribution in [0.4, 0.5) is 4.39 Å². The van der Waals surface area contributed by atoms with Gasteiger partial charge in [-0.25, -0.2) is 9.38 Å². The zero-order chi connectivity index (χ0) is 18.9. The monoisotopic (exact) mass is 364 g/mol. The van der Waals surface area contributed by atoms with E-state index in [4.69, 9.17) is 4.74 Å². The number of methoxy groups -OCH3 is 1. The number of aliphatic imine (C=N–C) groups is 1. The Bertz CT molecular complexity index is 636. The molecular weight excluding hydrogens is 335 g/mol. The van der Waals surface area contributed by atoms with Gasteiger partial charge in [0.25, 0.3) is 0 Å². The van der Waals surface area contributed by atoms with Crippen LogP contribution in [0.5, 0.6) is 0 Å². The van der Waals surface area contributed by atoms with Crippen LogP contribution < -0.4 is 10.6 Å². The van der Waals surface area contributed by atoms with Crippen LogP contribution in [0, 0.1) is 5.82 Å². The fourth-order valence-electron chi connectivity index (χ4n) is 3.00. The van der Waals surface area contributed by atoms with Crippen molar-refractivity contribution in [1.82, 2.24) is 15.5 Å². The second-order valence-electron chi connectivity index (χ2n) is 6.38. The Balaban J connectivity index is 1.98. The van der Waals surface area contributed by atoms with Crippen LogP contribution >= 0.6 is 0 Å². The van der Waals surface area contributed by atoms with Crippen molar-refractivity contribution in [2.45, 2.75) is 45.9 Å². The predicted octanol–water partition coefficient (Wildman–Crippen LogP) is 2.04. The summed E-state index contributed by atoms with van der Waals surface area (Å²) < 4.78 is 18.7. The summed E-state index contributed by atoms with van der Waals surface area (Å²) >= 11 is 0. The third-order valence-corrected chi connectivity index (χ3v) is 4.36. The highest BCUT2D eigenvalue weighted by atomic mass is 19.1. The Morgan fingerprint density at radius 2 is 2.23 bits per heavy atom. The lowest BCUT2D eigenvalue weighted by atomic mass is 10.1. The zero-order valence-electron chi connectivity index (χ0n) is 15.8. The number of amides is 1. The van der Waals surface area contributed by atoms with Gasteiger partial charge in [0.2, 0.25) is 5.91 Å². The summed E-state index contributed by atoms with van der Waals surface area (Å²) in [5, 5.41) is 6.62. The number of guanidine groups is 1. The molecule has 1 unspecified atom stereocenters. The molecule has 2 N–H and O–H groups in total. The molecule has 0 aliphatic carbocycles. The summed E-state index contributed by atoms with van der Waals surface area (Å²) in [6.07, 6.45) is 1.44. The predicted molar refractivity (Wildman–Crippen MR) is 100 cm³/mol. The van der Waals surface area contributed by atoms with Gasteiger partial charge in [-0.3, -0.25) is 4.79 Å². The summed E-state index contributed by atoms with van der Waals surface area (Å²) in [6, 6.07) is 5.16. The highest BCUT2D eigenvalue weighted by Crippen LogP contribution is 2.13. The number of rotatable bonds is 7. The van der Waals surface area contributed by atoms with Gasteiger partial charge < -0.3 is 20.3 Å². The minimum absolute atomic E-state index is 0.188. The van der Waals surface area contributed by atoms with Gasteiger partial charge in [-0.1, -0.05) is 13.0 Å². The van der Waals surface area contributed by atoms with Crippen LogP contribution in [0.3, 0.4) is 0 Å². The van der Waals surface area contributed by atoms with Crippen LogP contribution in [0.1, 0.15) is 37.8 Å². The topological polar surface area (TPSA) is 66.0 Å². The molecule has 0 spiro atoms. The molecule has 0 bridgehead atoms. The van der Waals surface area contributed by atoms with Crippen molar-refractivity contribution in [1.29, 1.82) is 0 Å². The molecule has 1 atom stereocenters. The first kappa shape index (κ1) is 20.2. The fourth-order valence-corrected chi connectivity index (χ4v) is 3.00. The SMILES string of the molecule is CCNC(=NCc1ccc(F)c(COC)c1)NC1CCN(C(=O)CC)C1. The first-order valence-electron chi connectivity index (χ1n) is 9.16. The highest BCUT2D eigenvalue weighted by molar-refractivity contribution is 5.80. The molecule has 6 nitrogen and oxygen atoms in total. The van der Waals surface area contributed by atoms with Gasteiger partial charge in [0.1, 0.15) is 5.82 Å². The number of ether oxygens (including phenoxy) is 1. The molecule has 0 saturated carbocycles. The maximum absolute atomic E-state index is 13.7. The molecule has 1 amide bonds. The van der Waals surface area contributed by atoms with E-state index in [1.807, 2.05) is 18.7 Å². The third kappa shape index (κ3) is 5.69. The summed E-state index contributed by atoms with van der Waals surface area (Å²) in [7, 11) is 1.55. The second-order valence-corrected chi connectivity index (χ2v) is 6.38. The van der Waals surface area contributed by atoms with Gasteiger partial charge >= 0.3 is 0 Å². The molecule has 7 heteroatoms. The number of likely N-dealkylation sites (tertiary alicyclic amines) is 1. The minimum Gasteiger partial charge on any atom is -0.380 e. The Morgan fingerprint density at radius 3 is 2.92 bits per heavy atom. The fraction of sp³-hybridized carbons (Fsp3) is 0.579. The third-order valence-electron chi connectivity index (χ3n) is 4.36. The quantitative estimate of drug-likeness (QED) is 0.574. The normalized spacial score (nSPS) is 17.5. The highest BCUT2D eigenvalue weighted by Gasteiger charge is 2.25. The number of hydrogen-bond donors (Lipinski definition) is 2. The Morgan fingerprint density at radius 1 is 1.42 bits per heavy atom. The van der Waals surface area contributed by atoms with Crippen molar-refractivity contribution in [3.8, 4) is 0 Å². The molecule has 1 fully saturated rings. The first-order valence-corrected chi connectivity index (χ1v) is 9.16. The summed E-state index contributed by atoms with van der Waals surface area (Å²) in [6.45, 7) is 6.80. The molecule has 0 radical (unpaired) electrons. The zero-order valence-corrected chi connectivity index (χ0v) is 15.8. The molecule has 1 saturated heterocycles. The van der Waals surface area contributed by atoms with E-state index in [-0.39, 0.29) is 24.4 Å². The Hall–Kier alpha value is -2.15. The van der Waals surface area contributed by atoms with E-state index in [0.717, 1.165) is 25.1 Å². The van der Waals surface area contributed by atoms with Gasteiger partial charge in [-0.2, -0.15) is 0 Å². The first-order chi connectivity index (χ1) is 12.6. The number of hydrogen-bond acceptors (Lipinski definition) is 3. The van der Waals surface area contributed by atoms with E-state index in [9.17, 15) is 9.18 Å². The molecule has 1 aromatic rings. The van der Waals surface area contributed by atoms with Gasteiger partial charge in [-0.15, -0.1) is 0 Å². The number of nitrogens with one attached hydrogen (secondary N) is 2. The van der Waals surface area contributed by atoms with Crippen molar-refractivity contribution < 1.29 is 13.9 Å². The Labute approximate surface area is 154 Å². The van der Waals surface area contributed by atoms with Crippen molar-refractivity contribution in [2.24, 2.45) is 4.99 Å². The van der Waals surface area contributed by atoms with Crippen molar-refractivity contribution >= 4 is 11.9 Å². The van der Waals surface area contributed by atoms with Gasteiger partial charge in [0, 0.05) is 44.8 Å². The molecule has 1 heterocycles. The smallest absolute Gasteiger partial charge is 0.222 e. The van der Waals surface area contributed by atoms with Crippen LogP contribution in [0.2, 0.25) is 0 Å². The van der Waals surface area contributed by atoms with E-state index >= 15 is 0 Å². The summed E-state index contributed by atoms with van der Waals surface area (Å²) in [4.78, 5) is 18.3. The standard InChI is InChI=1S/C19H29FN4O2/c1-4-18(25)24-9-8-16(12-24)23-19(21-5-2)22-11-14-6-7-17(20)15(10-14)13-26-3/h6-7,10,16H,4-5,8-9,11-13H2,1-3H3,(H2,21,22,23). The minimum atomic E-state index is -0.267. The number of nitrogens with zero attached hydrogens (tertiary/aromatic N) is 2. The number of carbonyl (C=O) groups is 1. The van der Waals surface area contributed by atoms with E-state index in [1.165, 1.54) is 6.07 Å². The molecular formula is C19H29FN4O2. The van der Waals surface area contributed by atoms with Gasteiger partial charge in [0.15, 0.2) is 5.96 Å². The molecule has 144 valence electrons. The average molecular weight is 364 g/mol. The van der Waals surface area contributed by atoms with Crippen LogP contribution in [-0.2, 0) is 22.7 Å². The van der Waals surface area contributed by atoms with E-state index in [2.05, 4.69) is 15.6 Å². The average Bonchev–Trinajstić information content (AvgIpc) is 3.10. The van der Waals surface area contributed by atoms with Crippen molar-refractivity contribution in [2.75, 3.05) is 26.7 Å². The lowest BCUT2D eigenvalue weighted by Crippen LogP contribution is -2.45. The number of carbonyl (C=O) groups excluding carboxylic acids is 1. The van der Waals surface area contributed by atoms with Crippen LogP contribution in [0.15, 0.2) is 23.2 Å². The lowest BCUT2D eigenvalue weighted by Gasteiger charge is -2.18. The molecule has 26 heavy (non-hydrogen) atoms. The van der Waals surface area contributed by atoms with E-state index in [1.54, 1.807) is 19.2 Å². The largest absolute Gasteiger partial charge is 0.380 e. The van der Waals surface area contributed by atoms with Gasteiger partial charge in [-0.05, 0) is 31.0 Å². The molecule has 1 aliphatic heterocycles. The summed E-state index contributed by atoms with van der Waals surface area (Å²) in [5.41, 5.74) is 1.45. The molecule has 1 aliphatic rings. The van der Waals surface area contributed by atoms with Crippen LogP contribution in [0.25, 0.3) is 0 Å². The van der Waals surface area contributed by atoms with E-state index in [0.29, 0.717) is 31.0 Å².